The Morgan fingerprint density at radius 1 is 0.931 bits per heavy atom. The van der Waals surface area contributed by atoms with Gasteiger partial charge in [0.05, 0.1) is 24.7 Å². The van der Waals surface area contributed by atoms with Crippen molar-refractivity contribution >= 4 is 16.7 Å². The molecule has 0 N–H and O–H groups in total. The Morgan fingerprint density at radius 3 is 2.41 bits per heavy atom. The summed E-state index contributed by atoms with van der Waals surface area (Å²) in [4.78, 5) is 20.2. The summed E-state index contributed by atoms with van der Waals surface area (Å²) in [6, 6.07) is 12.6. The van der Waals surface area contributed by atoms with Crippen molar-refractivity contribution < 1.29 is 14.4 Å². The Kier molecular flexibility index (Phi) is 3.31. The van der Waals surface area contributed by atoms with E-state index in [1.54, 1.807) is 0 Å². The van der Waals surface area contributed by atoms with E-state index in [1.165, 1.54) is 30.0 Å². The largest absolute Gasteiger partial charge is 0.493 e. The molecule has 2 aromatic rings. The van der Waals surface area contributed by atoms with Gasteiger partial charge in [0.25, 0.3) is 5.91 Å². The van der Waals surface area contributed by atoms with Crippen LogP contribution in [0.25, 0.3) is 10.8 Å². The van der Waals surface area contributed by atoms with Crippen LogP contribution in [-0.2, 0) is 9.63 Å². The topological polar surface area (TPSA) is 38.8 Å². The summed E-state index contributed by atoms with van der Waals surface area (Å²) in [5, 5.41) is 4.20. The van der Waals surface area contributed by atoms with Crippen LogP contribution < -0.4 is 4.74 Å². The summed E-state index contributed by atoms with van der Waals surface area (Å²) in [6.07, 6.45) is 7.28. The quantitative estimate of drug-likeness (QED) is 0.698. The lowest BCUT2D eigenvalue weighted by Gasteiger charge is -2.56. The number of hydrogen-bond acceptors (Lipinski definition) is 3. The fourth-order valence-electron chi connectivity index (χ4n) is 7.73. The molecule has 4 heteroatoms. The van der Waals surface area contributed by atoms with Crippen molar-refractivity contribution in [2.24, 2.45) is 29.1 Å². The Balaban J connectivity index is 1.32. The van der Waals surface area contributed by atoms with Gasteiger partial charge in [0.2, 0.25) is 0 Å². The Hall–Kier alpha value is -2.07. The Labute approximate surface area is 171 Å². The maximum atomic E-state index is 14.1. The zero-order valence-electron chi connectivity index (χ0n) is 16.7. The van der Waals surface area contributed by atoms with Gasteiger partial charge in [-0.05, 0) is 73.1 Å². The summed E-state index contributed by atoms with van der Waals surface area (Å²) >= 11 is 0. The average molecular weight is 389 g/mol. The van der Waals surface area contributed by atoms with Crippen LogP contribution in [0.4, 0.5) is 0 Å². The lowest BCUT2D eigenvalue weighted by atomic mass is 9.49. The van der Waals surface area contributed by atoms with Crippen molar-refractivity contribution in [3.63, 3.8) is 0 Å². The third-order valence-electron chi connectivity index (χ3n) is 8.50. The molecule has 2 aromatic carbocycles. The van der Waals surface area contributed by atoms with Crippen molar-refractivity contribution in [3.8, 4) is 5.75 Å². The molecule has 2 aliphatic heterocycles. The van der Waals surface area contributed by atoms with E-state index in [9.17, 15) is 4.79 Å². The zero-order chi connectivity index (χ0) is 19.2. The van der Waals surface area contributed by atoms with Crippen LogP contribution in [0, 0.1) is 29.1 Å². The molecule has 0 spiro atoms. The van der Waals surface area contributed by atoms with E-state index in [0.717, 1.165) is 48.3 Å². The summed E-state index contributed by atoms with van der Waals surface area (Å²) in [5.74, 6) is 3.67. The van der Waals surface area contributed by atoms with E-state index in [2.05, 4.69) is 36.4 Å². The SMILES string of the molecule is O=C(N1OC[C@@H]2COc3ccc4ccccc4c3[C@H]21)C12CC3CC(CC(C3)C1)C2. The van der Waals surface area contributed by atoms with Gasteiger partial charge in [-0.3, -0.25) is 9.63 Å². The number of benzene rings is 2. The van der Waals surface area contributed by atoms with Crippen molar-refractivity contribution in [3.05, 3.63) is 42.0 Å². The fourth-order valence-corrected chi connectivity index (χ4v) is 7.73. The molecule has 4 nitrogen and oxygen atoms in total. The lowest BCUT2D eigenvalue weighted by Crippen LogP contribution is -2.54. The highest BCUT2D eigenvalue weighted by molar-refractivity contribution is 5.90. The van der Waals surface area contributed by atoms with E-state index in [-0.39, 0.29) is 23.3 Å². The van der Waals surface area contributed by atoms with Crippen LogP contribution in [0.2, 0.25) is 0 Å². The number of hydroxylamine groups is 2. The number of nitrogens with zero attached hydrogens (tertiary/aromatic N) is 1. The van der Waals surface area contributed by atoms with Crippen molar-refractivity contribution in [1.82, 2.24) is 5.06 Å². The fraction of sp³-hybridized carbons (Fsp3) is 0.560. The first-order chi connectivity index (χ1) is 14.2. The minimum Gasteiger partial charge on any atom is -0.493 e. The second-order valence-corrected chi connectivity index (χ2v) is 10.3. The first-order valence-corrected chi connectivity index (χ1v) is 11.3. The van der Waals surface area contributed by atoms with Gasteiger partial charge in [0.1, 0.15) is 5.75 Å². The molecule has 1 saturated heterocycles. The second kappa shape index (κ2) is 5.75. The molecule has 0 radical (unpaired) electrons. The predicted molar refractivity (Wildman–Crippen MR) is 109 cm³/mol. The Bertz CT molecular complexity index is 979. The average Bonchev–Trinajstić information content (AvgIpc) is 3.16. The normalized spacial score (nSPS) is 39.3. The van der Waals surface area contributed by atoms with Crippen LogP contribution in [0.3, 0.4) is 0 Å². The molecule has 29 heavy (non-hydrogen) atoms. The highest BCUT2D eigenvalue weighted by Crippen LogP contribution is 2.61. The number of ether oxygens (including phenoxy) is 1. The van der Waals surface area contributed by atoms with E-state index in [1.807, 2.05) is 5.06 Å². The molecule has 5 fully saturated rings. The number of carbonyl (C=O) groups is 1. The molecular formula is C25H27NO3. The standard InChI is InChI=1S/C25H27NO3/c27-24(25-10-15-7-16(11-25)9-17(8-15)12-25)26-23-19(14-29-26)13-28-21-6-5-18-3-1-2-4-20(18)22(21)23/h1-6,15-17,19,23H,7-14H2/t15?,16?,17?,19-,23-,25?/m0/s1. The lowest BCUT2D eigenvalue weighted by molar-refractivity contribution is -0.201. The minimum absolute atomic E-state index is 0.0228. The van der Waals surface area contributed by atoms with Gasteiger partial charge in [-0.25, -0.2) is 5.06 Å². The van der Waals surface area contributed by atoms with Gasteiger partial charge in [-0.15, -0.1) is 0 Å². The molecule has 2 heterocycles. The third kappa shape index (κ3) is 2.27. The molecule has 4 saturated carbocycles. The number of fused-ring (bicyclic) bond motifs is 5. The summed E-state index contributed by atoms with van der Waals surface area (Å²) in [6.45, 7) is 1.20. The molecule has 150 valence electrons. The predicted octanol–water partition coefficient (Wildman–Crippen LogP) is 4.88. The molecule has 8 rings (SSSR count). The highest BCUT2D eigenvalue weighted by atomic mass is 16.7. The van der Waals surface area contributed by atoms with Crippen molar-refractivity contribution in [2.75, 3.05) is 13.2 Å². The molecule has 4 bridgehead atoms. The van der Waals surface area contributed by atoms with Crippen LogP contribution in [0.1, 0.15) is 50.1 Å². The maximum Gasteiger partial charge on any atom is 0.252 e. The third-order valence-corrected chi connectivity index (χ3v) is 8.50. The minimum atomic E-state index is -0.174. The van der Waals surface area contributed by atoms with E-state index >= 15 is 0 Å². The van der Waals surface area contributed by atoms with Crippen molar-refractivity contribution in [1.29, 1.82) is 0 Å². The summed E-state index contributed by atoms with van der Waals surface area (Å²) < 4.78 is 6.10. The molecule has 0 unspecified atom stereocenters. The van der Waals surface area contributed by atoms with Crippen molar-refractivity contribution in [2.45, 2.75) is 44.6 Å². The zero-order valence-corrected chi connectivity index (χ0v) is 16.7. The van der Waals surface area contributed by atoms with Gasteiger partial charge in [-0.2, -0.15) is 0 Å². The number of carbonyl (C=O) groups excluding carboxylic acids is 1. The smallest absolute Gasteiger partial charge is 0.252 e. The van der Waals surface area contributed by atoms with Gasteiger partial charge in [-0.1, -0.05) is 30.3 Å². The molecule has 6 aliphatic rings. The van der Waals surface area contributed by atoms with Crippen LogP contribution in [-0.4, -0.2) is 24.2 Å². The molecular weight excluding hydrogens is 362 g/mol. The monoisotopic (exact) mass is 389 g/mol. The van der Waals surface area contributed by atoms with Gasteiger partial charge in [0.15, 0.2) is 0 Å². The molecule has 2 atom stereocenters. The number of hydrogen-bond donors (Lipinski definition) is 0. The first-order valence-electron chi connectivity index (χ1n) is 11.3. The van der Waals surface area contributed by atoms with Gasteiger partial charge in [0, 0.05) is 11.5 Å². The Morgan fingerprint density at radius 2 is 1.66 bits per heavy atom. The number of amides is 1. The number of rotatable bonds is 1. The van der Waals surface area contributed by atoms with Gasteiger partial charge < -0.3 is 4.74 Å². The van der Waals surface area contributed by atoms with E-state index < -0.39 is 0 Å². The summed E-state index contributed by atoms with van der Waals surface area (Å²) in [7, 11) is 0. The highest BCUT2D eigenvalue weighted by Gasteiger charge is 2.58. The van der Waals surface area contributed by atoms with Crippen LogP contribution >= 0.6 is 0 Å². The van der Waals surface area contributed by atoms with Crippen LogP contribution in [0.15, 0.2) is 36.4 Å². The van der Waals surface area contributed by atoms with E-state index in [4.69, 9.17) is 9.57 Å². The molecule has 1 amide bonds. The summed E-state index contributed by atoms with van der Waals surface area (Å²) in [5.41, 5.74) is 0.974. The first kappa shape index (κ1) is 16.7. The molecule has 4 aliphatic carbocycles. The van der Waals surface area contributed by atoms with Gasteiger partial charge >= 0.3 is 0 Å². The van der Waals surface area contributed by atoms with Crippen LogP contribution in [0.5, 0.6) is 5.75 Å². The second-order valence-electron chi connectivity index (χ2n) is 10.3. The molecule has 0 aromatic heterocycles. The maximum absolute atomic E-state index is 14.1. The van der Waals surface area contributed by atoms with E-state index in [0.29, 0.717) is 13.2 Å².